The van der Waals surface area contributed by atoms with E-state index in [0.29, 0.717) is 24.5 Å². The third-order valence-electron chi connectivity index (χ3n) is 3.77. The van der Waals surface area contributed by atoms with Crippen molar-refractivity contribution in [2.75, 3.05) is 27.2 Å². The summed E-state index contributed by atoms with van der Waals surface area (Å²) in [6, 6.07) is 0.594. The van der Waals surface area contributed by atoms with E-state index in [2.05, 4.69) is 19.2 Å². The van der Waals surface area contributed by atoms with Crippen molar-refractivity contribution in [1.29, 1.82) is 0 Å². The topological polar surface area (TPSA) is 35.5 Å². The van der Waals surface area contributed by atoms with Crippen molar-refractivity contribution in [2.24, 2.45) is 5.41 Å². The third-order valence-corrected chi connectivity index (χ3v) is 3.77. The Labute approximate surface area is 107 Å². The van der Waals surface area contributed by atoms with E-state index in [1.165, 1.54) is 25.7 Å². The van der Waals surface area contributed by atoms with Crippen LogP contribution in [0.2, 0.25) is 0 Å². The van der Waals surface area contributed by atoms with Crippen molar-refractivity contribution < 1.29 is 5.11 Å². The van der Waals surface area contributed by atoms with Crippen LogP contribution in [-0.2, 0) is 0 Å². The minimum absolute atomic E-state index is 0.518. The summed E-state index contributed by atoms with van der Waals surface area (Å²) < 4.78 is 0. The van der Waals surface area contributed by atoms with Crippen LogP contribution in [-0.4, -0.2) is 48.8 Å². The highest BCUT2D eigenvalue weighted by atomic mass is 16.3. The van der Waals surface area contributed by atoms with E-state index in [1.54, 1.807) is 0 Å². The Morgan fingerprint density at radius 2 is 1.82 bits per heavy atom. The molecule has 1 aliphatic rings. The number of nitrogens with zero attached hydrogens (tertiary/aromatic N) is 1. The van der Waals surface area contributed by atoms with Gasteiger partial charge in [-0.2, -0.15) is 0 Å². The maximum Gasteiger partial charge on any atom is 0.0869 e. The molecule has 0 bridgehead atoms. The first kappa shape index (κ1) is 14.9. The lowest BCUT2D eigenvalue weighted by Gasteiger charge is -2.36. The molecule has 0 aromatic rings. The van der Waals surface area contributed by atoms with Crippen LogP contribution in [0.4, 0.5) is 0 Å². The van der Waals surface area contributed by atoms with Crippen LogP contribution in [0.3, 0.4) is 0 Å². The fourth-order valence-corrected chi connectivity index (χ4v) is 2.70. The Kier molecular flexibility index (Phi) is 4.99. The van der Waals surface area contributed by atoms with Crippen molar-refractivity contribution in [1.82, 2.24) is 10.2 Å². The largest absolute Gasteiger partial charge is 0.388 e. The normalized spacial score (nSPS) is 24.9. The minimum atomic E-state index is -0.629. The maximum atomic E-state index is 10.2. The highest BCUT2D eigenvalue weighted by Gasteiger charge is 2.28. The van der Waals surface area contributed by atoms with Crippen LogP contribution in [0, 0.1) is 5.41 Å². The first-order valence-electron chi connectivity index (χ1n) is 6.81. The van der Waals surface area contributed by atoms with Crippen molar-refractivity contribution in [3.05, 3.63) is 0 Å². The molecular formula is C14H30N2O. The molecule has 102 valence electrons. The van der Waals surface area contributed by atoms with Gasteiger partial charge in [-0.3, -0.25) is 0 Å². The van der Waals surface area contributed by atoms with Gasteiger partial charge in [0.1, 0.15) is 0 Å². The van der Waals surface area contributed by atoms with Gasteiger partial charge in [0, 0.05) is 19.1 Å². The van der Waals surface area contributed by atoms with Gasteiger partial charge in [-0.15, -0.1) is 0 Å². The summed E-state index contributed by atoms with van der Waals surface area (Å²) in [5.41, 5.74) is -0.110. The molecule has 1 atom stereocenters. The summed E-state index contributed by atoms with van der Waals surface area (Å²) in [4.78, 5) is 2.03. The molecule has 1 aliphatic carbocycles. The maximum absolute atomic E-state index is 10.2. The number of rotatable bonds is 5. The molecule has 17 heavy (non-hydrogen) atoms. The SMILES string of the molecule is CN(C)CC(C)(O)CNC1CCC(C)(C)CC1. The Morgan fingerprint density at radius 1 is 1.29 bits per heavy atom. The third kappa shape index (κ3) is 5.84. The van der Waals surface area contributed by atoms with E-state index in [4.69, 9.17) is 0 Å². The summed E-state index contributed by atoms with van der Waals surface area (Å²) in [6.07, 6.45) is 5.07. The fraction of sp³-hybridized carbons (Fsp3) is 1.00. The number of nitrogens with one attached hydrogen (secondary N) is 1. The Bertz CT molecular complexity index is 226. The van der Waals surface area contributed by atoms with Crippen LogP contribution in [0.15, 0.2) is 0 Å². The molecule has 0 heterocycles. The predicted molar refractivity (Wildman–Crippen MR) is 73.2 cm³/mol. The smallest absolute Gasteiger partial charge is 0.0869 e. The fourth-order valence-electron chi connectivity index (χ4n) is 2.70. The first-order valence-corrected chi connectivity index (χ1v) is 6.81. The summed E-state index contributed by atoms with van der Waals surface area (Å²) in [6.45, 7) is 8.01. The molecule has 1 saturated carbocycles. The predicted octanol–water partition coefficient (Wildman–Crippen LogP) is 1.86. The van der Waals surface area contributed by atoms with Crippen LogP contribution < -0.4 is 5.32 Å². The van der Waals surface area contributed by atoms with Crippen LogP contribution in [0.1, 0.15) is 46.5 Å². The van der Waals surface area contributed by atoms with E-state index in [9.17, 15) is 5.11 Å². The highest BCUT2D eigenvalue weighted by Crippen LogP contribution is 2.35. The standard InChI is InChI=1S/C14H30N2O/c1-13(2)8-6-12(7-9-13)15-10-14(3,17)11-16(4)5/h12,15,17H,6-11H2,1-5H3. The molecule has 1 fully saturated rings. The van der Waals surface area contributed by atoms with Crippen LogP contribution in [0.5, 0.6) is 0 Å². The molecule has 1 unspecified atom stereocenters. The van der Waals surface area contributed by atoms with E-state index in [0.717, 1.165) is 0 Å². The first-order chi connectivity index (χ1) is 7.70. The second-order valence-electron chi connectivity index (χ2n) is 7.05. The summed E-state index contributed by atoms with van der Waals surface area (Å²) in [5, 5.41) is 13.7. The minimum Gasteiger partial charge on any atom is -0.388 e. The molecule has 0 aliphatic heterocycles. The summed E-state index contributed by atoms with van der Waals surface area (Å²) in [5.74, 6) is 0. The molecule has 0 radical (unpaired) electrons. The van der Waals surface area contributed by atoms with Gasteiger partial charge < -0.3 is 15.3 Å². The van der Waals surface area contributed by atoms with E-state index in [-0.39, 0.29) is 0 Å². The molecule has 0 aromatic heterocycles. The van der Waals surface area contributed by atoms with Crippen molar-refractivity contribution in [2.45, 2.75) is 58.1 Å². The molecule has 3 nitrogen and oxygen atoms in total. The lowest BCUT2D eigenvalue weighted by Crippen LogP contribution is -2.49. The van der Waals surface area contributed by atoms with Gasteiger partial charge in [-0.05, 0) is 52.1 Å². The average molecular weight is 242 g/mol. The lowest BCUT2D eigenvalue weighted by atomic mass is 9.75. The van der Waals surface area contributed by atoms with Gasteiger partial charge in [0.2, 0.25) is 0 Å². The molecule has 0 aromatic carbocycles. The highest BCUT2D eigenvalue weighted by molar-refractivity contribution is 4.85. The molecule has 0 amide bonds. The second-order valence-corrected chi connectivity index (χ2v) is 7.05. The number of likely N-dealkylation sites (N-methyl/N-ethyl adjacent to an activating group) is 1. The number of hydrogen-bond donors (Lipinski definition) is 2. The van der Waals surface area contributed by atoms with Gasteiger partial charge in [0.25, 0.3) is 0 Å². The van der Waals surface area contributed by atoms with E-state index in [1.807, 2.05) is 25.9 Å². The molecule has 2 N–H and O–H groups in total. The zero-order valence-electron chi connectivity index (χ0n) is 12.2. The van der Waals surface area contributed by atoms with Gasteiger partial charge in [-0.1, -0.05) is 13.8 Å². The Balaban J connectivity index is 2.27. The van der Waals surface area contributed by atoms with Gasteiger partial charge in [-0.25, -0.2) is 0 Å². The molecule has 3 heteroatoms. The van der Waals surface area contributed by atoms with Gasteiger partial charge >= 0.3 is 0 Å². The zero-order valence-corrected chi connectivity index (χ0v) is 12.2. The molecule has 0 spiro atoms. The van der Waals surface area contributed by atoms with Crippen molar-refractivity contribution in [3.8, 4) is 0 Å². The monoisotopic (exact) mass is 242 g/mol. The second kappa shape index (κ2) is 5.68. The quantitative estimate of drug-likeness (QED) is 0.772. The Hall–Kier alpha value is -0.120. The lowest BCUT2D eigenvalue weighted by molar-refractivity contribution is 0.0287. The zero-order chi connectivity index (χ0) is 13.1. The van der Waals surface area contributed by atoms with Crippen LogP contribution in [0.25, 0.3) is 0 Å². The molecule has 1 rings (SSSR count). The number of hydrogen-bond acceptors (Lipinski definition) is 3. The van der Waals surface area contributed by atoms with Crippen molar-refractivity contribution >= 4 is 0 Å². The summed E-state index contributed by atoms with van der Waals surface area (Å²) >= 11 is 0. The molecule has 0 saturated heterocycles. The Morgan fingerprint density at radius 3 is 2.29 bits per heavy atom. The molecular weight excluding hydrogens is 212 g/mol. The van der Waals surface area contributed by atoms with Crippen molar-refractivity contribution in [3.63, 3.8) is 0 Å². The van der Waals surface area contributed by atoms with Gasteiger partial charge in [0.05, 0.1) is 5.60 Å². The average Bonchev–Trinajstić information content (AvgIpc) is 2.14. The summed E-state index contributed by atoms with van der Waals surface area (Å²) in [7, 11) is 4.00. The van der Waals surface area contributed by atoms with Crippen LogP contribution >= 0.6 is 0 Å². The van der Waals surface area contributed by atoms with E-state index >= 15 is 0 Å². The van der Waals surface area contributed by atoms with Gasteiger partial charge in [0.15, 0.2) is 0 Å². The van der Waals surface area contributed by atoms with E-state index < -0.39 is 5.60 Å². The number of aliphatic hydroxyl groups is 1.